The van der Waals surface area contributed by atoms with E-state index < -0.39 is 0 Å². The molecule has 2 aromatic rings. The van der Waals surface area contributed by atoms with Gasteiger partial charge in [-0.3, -0.25) is 9.59 Å². The van der Waals surface area contributed by atoms with Gasteiger partial charge in [0, 0.05) is 24.3 Å². The van der Waals surface area contributed by atoms with Gasteiger partial charge in [0.25, 0.3) is 5.91 Å². The molecule has 2 aromatic carbocycles. The Morgan fingerprint density at radius 2 is 1.62 bits per heavy atom. The minimum absolute atomic E-state index is 0.0584. The van der Waals surface area contributed by atoms with Crippen LogP contribution in [0.4, 0.5) is 10.1 Å². The molecular formula is C20H24FN3O2. The molecule has 0 unspecified atom stereocenters. The lowest BCUT2D eigenvalue weighted by Gasteiger charge is -2.22. The number of benzene rings is 2. The smallest absolute Gasteiger partial charge is 0.251 e. The molecule has 0 spiro atoms. The van der Waals surface area contributed by atoms with Crippen LogP contribution in [0.5, 0.6) is 0 Å². The molecule has 0 aliphatic heterocycles. The maximum atomic E-state index is 13.1. The first kappa shape index (κ1) is 19.6. The summed E-state index contributed by atoms with van der Waals surface area (Å²) in [5, 5.41) is 8.55. The number of rotatable bonds is 7. The highest BCUT2D eigenvalue weighted by Gasteiger charge is 2.16. The lowest BCUT2D eigenvalue weighted by molar-refractivity contribution is -0.115. The fraction of sp³-hybridized carbons (Fsp3) is 0.300. The van der Waals surface area contributed by atoms with E-state index in [2.05, 4.69) is 16.0 Å². The van der Waals surface area contributed by atoms with Crippen LogP contribution in [0.25, 0.3) is 0 Å². The summed E-state index contributed by atoms with van der Waals surface area (Å²) in [4.78, 5) is 23.7. The van der Waals surface area contributed by atoms with Crippen LogP contribution >= 0.6 is 0 Å². The monoisotopic (exact) mass is 357 g/mol. The summed E-state index contributed by atoms with van der Waals surface area (Å²) in [7, 11) is 1.57. The van der Waals surface area contributed by atoms with Crippen molar-refractivity contribution < 1.29 is 14.0 Å². The number of amides is 2. The molecule has 1 atom stereocenters. The van der Waals surface area contributed by atoms with E-state index in [4.69, 9.17) is 0 Å². The summed E-state index contributed by atoms with van der Waals surface area (Å²) in [6, 6.07) is 12.9. The summed E-state index contributed by atoms with van der Waals surface area (Å²) in [5.41, 5.74) is 2.08. The number of anilines is 1. The molecule has 0 radical (unpaired) electrons. The second kappa shape index (κ2) is 9.10. The van der Waals surface area contributed by atoms with Crippen molar-refractivity contribution in [3.05, 3.63) is 65.5 Å². The molecule has 0 saturated heterocycles. The second-order valence-electron chi connectivity index (χ2n) is 6.36. The van der Waals surface area contributed by atoms with Crippen LogP contribution in [0.1, 0.15) is 35.8 Å². The third-order valence-corrected chi connectivity index (χ3v) is 4.04. The molecule has 3 N–H and O–H groups in total. The summed E-state index contributed by atoms with van der Waals surface area (Å²) < 4.78 is 13.1. The molecule has 0 aliphatic rings. The van der Waals surface area contributed by atoms with Crippen molar-refractivity contribution in [1.82, 2.24) is 10.6 Å². The van der Waals surface area contributed by atoms with Gasteiger partial charge in [-0.2, -0.15) is 0 Å². The van der Waals surface area contributed by atoms with Gasteiger partial charge in [-0.15, -0.1) is 0 Å². The fourth-order valence-corrected chi connectivity index (χ4v) is 2.67. The van der Waals surface area contributed by atoms with E-state index in [1.54, 1.807) is 43.4 Å². The number of hydrogen-bond donors (Lipinski definition) is 3. The predicted molar refractivity (Wildman–Crippen MR) is 100 cm³/mol. The molecule has 0 bridgehead atoms. The quantitative estimate of drug-likeness (QED) is 0.713. The Kier molecular flexibility index (Phi) is 6.86. The van der Waals surface area contributed by atoms with Crippen LogP contribution in [-0.2, 0) is 4.79 Å². The first-order chi connectivity index (χ1) is 12.4. The summed E-state index contributed by atoms with van der Waals surface area (Å²) in [5.74, 6) is -0.414. The van der Waals surface area contributed by atoms with E-state index in [-0.39, 0.29) is 36.1 Å². The van der Waals surface area contributed by atoms with Gasteiger partial charge in [-0.25, -0.2) is 4.39 Å². The number of hydrogen-bond acceptors (Lipinski definition) is 3. The normalized spacial score (nSPS) is 11.9. The third-order valence-electron chi connectivity index (χ3n) is 4.04. The zero-order chi connectivity index (χ0) is 19.1. The standard InChI is InChI=1S/C20H24FN3O2/c1-13(2)19(14-4-8-16(21)9-5-14)23-12-18(25)24-17-10-6-15(7-11-17)20(26)22-3/h4-11,13,19,23H,12H2,1-3H3,(H,22,26)(H,24,25)/t19-/m1/s1. The molecule has 6 heteroatoms. The molecule has 26 heavy (non-hydrogen) atoms. The van der Waals surface area contributed by atoms with Crippen molar-refractivity contribution in [3.8, 4) is 0 Å². The summed E-state index contributed by atoms with van der Waals surface area (Å²) >= 11 is 0. The maximum absolute atomic E-state index is 13.1. The first-order valence-corrected chi connectivity index (χ1v) is 8.51. The van der Waals surface area contributed by atoms with Crippen LogP contribution < -0.4 is 16.0 Å². The van der Waals surface area contributed by atoms with Gasteiger partial charge in [-0.05, 0) is 47.9 Å². The van der Waals surface area contributed by atoms with E-state index in [1.165, 1.54) is 12.1 Å². The number of carbonyl (C=O) groups is 2. The molecule has 5 nitrogen and oxygen atoms in total. The Morgan fingerprint density at radius 1 is 1.00 bits per heavy atom. The van der Waals surface area contributed by atoms with Crippen molar-refractivity contribution >= 4 is 17.5 Å². The Hall–Kier alpha value is -2.73. The maximum Gasteiger partial charge on any atom is 0.251 e. The van der Waals surface area contributed by atoms with E-state index in [0.29, 0.717) is 11.3 Å². The van der Waals surface area contributed by atoms with Crippen molar-refractivity contribution in [2.75, 3.05) is 18.9 Å². The van der Waals surface area contributed by atoms with Gasteiger partial charge >= 0.3 is 0 Å². The largest absolute Gasteiger partial charge is 0.355 e. The van der Waals surface area contributed by atoms with Gasteiger partial charge in [0.05, 0.1) is 6.54 Å². The van der Waals surface area contributed by atoms with E-state index in [9.17, 15) is 14.0 Å². The van der Waals surface area contributed by atoms with E-state index in [1.807, 2.05) is 13.8 Å². The lowest BCUT2D eigenvalue weighted by Crippen LogP contribution is -2.33. The summed E-state index contributed by atoms with van der Waals surface area (Å²) in [6.07, 6.45) is 0. The average molecular weight is 357 g/mol. The molecular weight excluding hydrogens is 333 g/mol. The first-order valence-electron chi connectivity index (χ1n) is 8.51. The van der Waals surface area contributed by atoms with Crippen molar-refractivity contribution in [1.29, 1.82) is 0 Å². The summed E-state index contributed by atoms with van der Waals surface area (Å²) in [6.45, 7) is 4.20. The van der Waals surface area contributed by atoms with Crippen LogP contribution in [0.2, 0.25) is 0 Å². The molecule has 2 amide bonds. The molecule has 0 aromatic heterocycles. The molecule has 2 rings (SSSR count). The predicted octanol–water partition coefficient (Wildman–Crippen LogP) is 3.11. The number of nitrogens with one attached hydrogen (secondary N) is 3. The van der Waals surface area contributed by atoms with Gasteiger partial charge in [0.1, 0.15) is 5.82 Å². The second-order valence-corrected chi connectivity index (χ2v) is 6.36. The fourth-order valence-electron chi connectivity index (χ4n) is 2.67. The van der Waals surface area contributed by atoms with Gasteiger partial charge in [0.15, 0.2) is 0 Å². The molecule has 0 fully saturated rings. The van der Waals surface area contributed by atoms with Crippen molar-refractivity contribution in [2.24, 2.45) is 5.92 Å². The minimum Gasteiger partial charge on any atom is -0.355 e. The average Bonchev–Trinajstić information content (AvgIpc) is 2.63. The minimum atomic E-state index is -0.283. The van der Waals surface area contributed by atoms with Crippen LogP contribution in [0.3, 0.4) is 0 Å². The zero-order valence-corrected chi connectivity index (χ0v) is 15.2. The lowest BCUT2D eigenvalue weighted by atomic mass is 9.96. The highest BCUT2D eigenvalue weighted by molar-refractivity contribution is 5.96. The zero-order valence-electron chi connectivity index (χ0n) is 15.2. The van der Waals surface area contributed by atoms with E-state index >= 15 is 0 Å². The Labute approximate surface area is 153 Å². The van der Waals surface area contributed by atoms with Crippen molar-refractivity contribution in [3.63, 3.8) is 0 Å². The molecule has 0 saturated carbocycles. The topological polar surface area (TPSA) is 70.2 Å². The van der Waals surface area contributed by atoms with Gasteiger partial charge in [-0.1, -0.05) is 26.0 Å². The van der Waals surface area contributed by atoms with E-state index in [0.717, 1.165) is 5.56 Å². The Balaban J connectivity index is 1.93. The van der Waals surface area contributed by atoms with Crippen LogP contribution in [-0.4, -0.2) is 25.4 Å². The Morgan fingerprint density at radius 3 is 2.15 bits per heavy atom. The Bertz CT molecular complexity index is 743. The highest BCUT2D eigenvalue weighted by Crippen LogP contribution is 2.21. The van der Waals surface area contributed by atoms with Gasteiger partial charge in [0.2, 0.25) is 5.91 Å². The third kappa shape index (κ3) is 5.39. The molecule has 0 heterocycles. The highest BCUT2D eigenvalue weighted by atomic mass is 19.1. The van der Waals surface area contributed by atoms with Crippen LogP contribution in [0.15, 0.2) is 48.5 Å². The molecule has 0 aliphatic carbocycles. The number of carbonyl (C=O) groups excluding carboxylic acids is 2. The SMILES string of the molecule is CNC(=O)c1ccc(NC(=O)CN[C@@H](c2ccc(F)cc2)C(C)C)cc1. The van der Waals surface area contributed by atoms with Crippen LogP contribution in [0, 0.1) is 11.7 Å². The van der Waals surface area contributed by atoms with Crippen molar-refractivity contribution in [2.45, 2.75) is 19.9 Å². The molecule has 138 valence electrons. The van der Waals surface area contributed by atoms with Gasteiger partial charge < -0.3 is 16.0 Å². The number of halogens is 1.